The Labute approximate surface area is 117 Å². The van der Waals surface area contributed by atoms with Crippen LogP contribution < -0.4 is 4.74 Å². The minimum absolute atomic E-state index is 0.437. The van der Waals surface area contributed by atoms with Crippen LogP contribution in [0.3, 0.4) is 0 Å². The van der Waals surface area contributed by atoms with Gasteiger partial charge in [-0.2, -0.15) is 0 Å². The van der Waals surface area contributed by atoms with Crippen LogP contribution in [0.25, 0.3) is 0 Å². The summed E-state index contributed by atoms with van der Waals surface area (Å²) in [7, 11) is 3.73. The second-order valence-electron chi connectivity index (χ2n) is 5.31. The van der Waals surface area contributed by atoms with Crippen LogP contribution in [-0.4, -0.2) is 37.3 Å². The van der Waals surface area contributed by atoms with Crippen molar-refractivity contribution in [2.24, 2.45) is 0 Å². The van der Waals surface area contributed by atoms with Crippen molar-refractivity contribution in [3.63, 3.8) is 0 Å². The topological polar surface area (TPSA) is 32.7 Å². The fourth-order valence-electron chi connectivity index (χ4n) is 2.48. The van der Waals surface area contributed by atoms with Crippen molar-refractivity contribution in [1.29, 1.82) is 0 Å². The van der Waals surface area contributed by atoms with Crippen LogP contribution in [0, 0.1) is 13.8 Å². The molecule has 3 heteroatoms. The van der Waals surface area contributed by atoms with Gasteiger partial charge in [-0.25, -0.2) is 0 Å². The van der Waals surface area contributed by atoms with E-state index in [0.29, 0.717) is 6.54 Å². The lowest BCUT2D eigenvalue weighted by molar-refractivity contribution is 0.125. The highest BCUT2D eigenvalue weighted by molar-refractivity contribution is 5.42. The Morgan fingerprint density at radius 1 is 1.26 bits per heavy atom. The molecule has 1 aromatic carbocycles. The standard InChI is InChI=1S/C16H27NO2/c1-6-7-8-17(4)11-15(18)16-12(2)9-14(19-5)10-13(16)3/h9-10,15,18H,6-8,11H2,1-5H3. The fourth-order valence-corrected chi connectivity index (χ4v) is 2.48. The largest absolute Gasteiger partial charge is 0.497 e. The van der Waals surface area contributed by atoms with E-state index in [0.717, 1.165) is 29.0 Å². The number of aliphatic hydroxyl groups is 1. The number of nitrogens with zero attached hydrogens (tertiary/aromatic N) is 1. The molecule has 1 atom stereocenters. The van der Waals surface area contributed by atoms with E-state index >= 15 is 0 Å². The van der Waals surface area contributed by atoms with Gasteiger partial charge in [-0.05, 0) is 62.7 Å². The molecule has 1 rings (SSSR count). The highest BCUT2D eigenvalue weighted by Gasteiger charge is 2.16. The van der Waals surface area contributed by atoms with Gasteiger partial charge < -0.3 is 14.7 Å². The van der Waals surface area contributed by atoms with Crippen molar-refractivity contribution in [3.05, 3.63) is 28.8 Å². The van der Waals surface area contributed by atoms with Gasteiger partial charge in [-0.15, -0.1) is 0 Å². The maximum absolute atomic E-state index is 10.4. The van der Waals surface area contributed by atoms with Crippen LogP contribution in [-0.2, 0) is 0 Å². The molecule has 0 aromatic heterocycles. The number of benzene rings is 1. The fraction of sp³-hybridized carbons (Fsp3) is 0.625. The highest BCUT2D eigenvalue weighted by Crippen LogP contribution is 2.27. The molecule has 0 radical (unpaired) electrons. The Morgan fingerprint density at radius 3 is 2.32 bits per heavy atom. The van der Waals surface area contributed by atoms with E-state index in [1.807, 2.05) is 26.0 Å². The molecule has 1 unspecified atom stereocenters. The number of likely N-dealkylation sites (N-methyl/N-ethyl adjacent to an activating group) is 1. The molecule has 0 saturated carbocycles. The van der Waals surface area contributed by atoms with E-state index in [2.05, 4.69) is 18.9 Å². The summed E-state index contributed by atoms with van der Waals surface area (Å²) in [4.78, 5) is 2.19. The second-order valence-corrected chi connectivity index (χ2v) is 5.31. The van der Waals surface area contributed by atoms with E-state index in [-0.39, 0.29) is 0 Å². The molecule has 0 amide bonds. The van der Waals surface area contributed by atoms with Crippen LogP contribution in [0.1, 0.15) is 42.6 Å². The quantitative estimate of drug-likeness (QED) is 0.822. The van der Waals surface area contributed by atoms with Gasteiger partial charge >= 0.3 is 0 Å². The lowest BCUT2D eigenvalue weighted by Crippen LogP contribution is -2.26. The average Bonchev–Trinajstić information content (AvgIpc) is 2.35. The first kappa shape index (κ1) is 16.0. The van der Waals surface area contributed by atoms with Gasteiger partial charge in [0.05, 0.1) is 13.2 Å². The minimum Gasteiger partial charge on any atom is -0.497 e. The Hall–Kier alpha value is -1.06. The predicted molar refractivity (Wildman–Crippen MR) is 79.8 cm³/mol. The van der Waals surface area contributed by atoms with Crippen LogP contribution in [0.4, 0.5) is 0 Å². The van der Waals surface area contributed by atoms with Crippen LogP contribution in [0.2, 0.25) is 0 Å². The van der Waals surface area contributed by atoms with Crippen molar-refractivity contribution in [2.45, 2.75) is 39.7 Å². The lowest BCUT2D eigenvalue weighted by Gasteiger charge is -2.23. The minimum atomic E-state index is -0.437. The summed E-state index contributed by atoms with van der Waals surface area (Å²) in [5, 5.41) is 10.4. The van der Waals surface area contributed by atoms with Crippen LogP contribution in [0.5, 0.6) is 5.75 Å². The number of rotatable bonds is 7. The van der Waals surface area contributed by atoms with Crippen molar-refractivity contribution in [3.8, 4) is 5.75 Å². The summed E-state index contributed by atoms with van der Waals surface area (Å²) < 4.78 is 5.25. The van der Waals surface area contributed by atoms with Crippen molar-refractivity contribution in [2.75, 3.05) is 27.2 Å². The zero-order valence-corrected chi connectivity index (χ0v) is 12.9. The molecule has 0 spiro atoms. The maximum atomic E-state index is 10.4. The normalized spacial score (nSPS) is 12.8. The Morgan fingerprint density at radius 2 is 1.84 bits per heavy atom. The summed E-state index contributed by atoms with van der Waals surface area (Å²) >= 11 is 0. The molecule has 0 bridgehead atoms. The third kappa shape index (κ3) is 4.51. The Kier molecular flexibility index (Phi) is 6.32. The third-order valence-electron chi connectivity index (χ3n) is 3.51. The second kappa shape index (κ2) is 7.51. The van der Waals surface area contributed by atoms with E-state index in [1.165, 1.54) is 12.8 Å². The van der Waals surface area contributed by atoms with Crippen molar-refractivity contribution >= 4 is 0 Å². The van der Waals surface area contributed by atoms with Gasteiger partial charge in [-0.1, -0.05) is 13.3 Å². The monoisotopic (exact) mass is 265 g/mol. The van der Waals surface area contributed by atoms with Crippen LogP contribution >= 0.6 is 0 Å². The number of hydrogen-bond donors (Lipinski definition) is 1. The number of aliphatic hydroxyl groups excluding tert-OH is 1. The van der Waals surface area contributed by atoms with Crippen molar-refractivity contribution < 1.29 is 9.84 Å². The molecular weight excluding hydrogens is 238 g/mol. The molecule has 0 fully saturated rings. The van der Waals surface area contributed by atoms with Gasteiger partial charge in [0, 0.05) is 6.54 Å². The number of unbranched alkanes of at least 4 members (excludes halogenated alkanes) is 1. The predicted octanol–water partition coefficient (Wildman–Crippen LogP) is 3.08. The molecule has 0 aliphatic rings. The molecule has 0 aliphatic carbocycles. The summed E-state index contributed by atoms with van der Waals surface area (Å²) in [5.41, 5.74) is 3.21. The zero-order chi connectivity index (χ0) is 14.4. The molecule has 3 nitrogen and oxygen atoms in total. The first-order valence-corrected chi connectivity index (χ1v) is 7.01. The molecule has 0 heterocycles. The highest BCUT2D eigenvalue weighted by atomic mass is 16.5. The molecule has 0 aliphatic heterocycles. The number of aryl methyl sites for hydroxylation is 2. The maximum Gasteiger partial charge on any atom is 0.119 e. The molecule has 1 N–H and O–H groups in total. The molecule has 0 saturated heterocycles. The first-order valence-electron chi connectivity index (χ1n) is 7.01. The number of ether oxygens (including phenoxy) is 1. The van der Waals surface area contributed by atoms with Gasteiger partial charge in [-0.3, -0.25) is 0 Å². The molecule has 1 aromatic rings. The Bertz CT molecular complexity index is 381. The summed E-state index contributed by atoms with van der Waals surface area (Å²) in [6, 6.07) is 3.97. The van der Waals surface area contributed by atoms with E-state index in [4.69, 9.17) is 4.74 Å². The number of hydrogen-bond acceptors (Lipinski definition) is 3. The van der Waals surface area contributed by atoms with E-state index in [9.17, 15) is 5.11 Å². The van der Waals surface area contributed by atoms with Crippen LogP contribution in [0.15, 0.2) is 12.1 Å². The van der Waals surface area contributed by atoms with E-state index < -0.39 is 6.10 Å². The lowest BCUT2D eigenvalue weighted by atomic mass is 9.97. The zero-order valence-electron chi connectivity index (χ0n) is 12.9. The van der Waals surface area contributed by atoms with Gasteiger partial charge in [0.25, 0.3) is 0 Å². The SMILES string of the molecule is CCCCN(C)CC(O)c1c(C)cc(OC)cc1C. The van der Waals surface area contributed by atoms with Gasteiger partial charge in [0.1, 0.15) is 5.75 Å². The van der Waals surface area contributed by atoms with Crippen molar-refractivity contribution in [1.82, 2.24) is 4.90 Å². The van der Waals surface area contributed by atoms with Gasteiger partial charge in [0.15, 0.2) is 0 Å². The summed E-state index contributed by atoms with van der Waals surface area (Å²) in [6.07, 6.45) is 1.91. The smallest absolute Gasteiger partial charge is 0.119 e. The average molecular weight is 265 g/mol. The summed E-state index contributed by atoms with van der Waals surface area (Å²) in [5.74, 6) is 0.852. The van der Waals surface area contributed by atoms with Gasteiger partial charge in [0.2, 0.25) is 0 Å². The molecule has 19 heavy (non-hydrogen) atoms. The number of methoxy groups -OCH3 is 1. The third-order valence-corrected chi connectivity index (χ3v) is 3.51. The Balaban J connectivity index is 2.79. The molecular formula is C16H27NO2. The molecule has 108 valence electrons. The van der Waals surface area contributed by atoms with E-state index in [1.54, 1.807) is 7.11 Å². The first-order chi connectivity index (χ1) is 8.99. The summed E-state index contributed by atoms with van der Waals surface area (Å²) in [6.45, 7) is 7.94.